The average Bonchev–Trinajstić information content (AvgIpc) is 3.11. The quantitative estimate of drug-likeness (QED) is 0.305. The molecule has 0 fully saturated rings. The zero-order valence-corrected chi connectivity index (χ0v) is 18.4. The van der Waals surface area contributed by atoms with E-state index in [0.717, 1.165) is 11.1 Å². The van der Waals surface area contributed by atoms with Gasteiger partial charge in [-0.1, -0.05) is 29.8 Å². The van der Waals surface area contributed by atoms with Crippen LogP contribution < -0.4 is 9.47 Å². The van der Waals surface area contributed by atoms with E-state index in [1.807, 2.05) is 37.3 Å². The number of aryl methyl sites for hydroxylation is 1. The smallest absolute Gasteiger partial charge is 0.205 e. The molecule has 1 heterocycles. The summed E-state index contributed by atoms with van der Waals surface area (Å²) in [5.74, 6) is 1.26. The fraction of sp³-hybridized carbons (Fsp3) is 0.182. The molecule has 0 aliphatic rings. The molecular formula is C22H20BrClN2O3. The van der Waals surface area contributed by atoms with Crippen LogP contribution in [0.1, 0.15) is 28.5 Å². The van der Waals surface area contributed by atoms with E-state index in [1.165, 1.54) is 6.08 Å². The number of ether oxygens (including phenoxy) is 2. The number of benzene rings is 2. The Kier molecular flexibility index (Phi) is 7.12. The van der Waals surface area contributed by atoms with Crippen molar-refractivity contribution >= 4 is 39.4 Å². The minimum Gasteiger partial charge on any atom is -0.496 e. The molecule has 0 aliphatic carbocycles. The number of methoxy groups -OCH3 is 1. The molecule has 0 spiro atoms. The Morgan fingerprint density at radius 2 is 2.10 bits per heavy atom. The molecule has 7 heteroatoms. The molecule has 0 bridgehead atoms. The molecule has 0 unspecified atom stereocenters. The van der Waals surface area contributed by atoms with Crippen molar-refractivity contribution < 1.29 is 14.3 Å². The molecular weight excluding hydrogens is 456 g/mol. The number of hydrogen-bond acceptors (Lipinski definition) is 4. The largest absolute Gasteiger partial charge is 0.496 e. The van der Waals surface area contributed by atoms with Crippen LogP contribution in [0.4, 0.5) is 0 Å². The van der Waals surface area contributed by atoms with Gasteiger partial charge < -0.3 is 9.47 Å². The Bertz CT molecular complexity index is 1050. The lowest BCUT2D eigenvalue weighted by Gasteiger charge is -2.11. The monoisotopic (exact) mass is 474 g/mol. The zero-order chi connectivity index (χ0) is 20.8. The molecule has 0 saturated carbocycles. The van der Waals surface area contributed by atoms with Gasteiger partial charge >= 0.3 is 0 Å². The molecule has 3 rings (SSSR count). The molecule has 0 aliphatic heterocycles. The molecule has 0 N–H and O–H groups in total. The van der Waals surface area contributed by atoms with Gasteiger partial charge in [0.25, 0.3) is 0 Å². The summed E-state index contributed by atoms with van der Waals surface area (Å²) in [6.45, 7) is 2.87. The predicted molar refractivity (Wildman–Crippen MR) is 118 cm³/mol. The molecule has 0 saturated heterocycles. The SMILES string of the molecule is CCn1ncc(Br)c1C(=O)/C=C/c1ccc(OC)c(COc2cccc(Cl)c2)c1. The summed E-state index contributed by atoms with van der Waals surface area (Å²) in [6, 6.07) is 12.9. The van der Waals surface area contributed by atoms with E-state index >= 15 is 0 Å². The molecule has 1 aromatic heterocycles. The van der Waals surface area contributed by atoms with Crippen molar-refractivity contribution in [3.8, 4) is 11.5 Å². The number of hydrogen-bond donors (Lipinski definition) is 0. The summed E-state index contributed by atoms with van der Waals surface area (Å²) in [7, 11) is 1.61. The summed E-state index contributed by atoms with van der Waals surface area (Å²) < 4.78 is 13.6. The second-order valence-electron chi connectivity index (χ2n) is 6.17. The maximum absolute atomic E-state index is 12.6. The van der Waals surface area contributed by atoms with Crippen molar-refractivity contribution in [3.05, 3.63) is 81.1 Å². The second-order valence-corrected chi connectivity index (χ2v) is 7.46. The predicted octanol–water partition coefficient (Wildman–Crippen LogP) is 5.80. The second kappa shape index (κ2) is 9.76. The van der Waals surface area contributed by atoms with Crippen LogP contribution in [-0.4, -0.2) is 22.7 Å². The van der Waals surface area contributed by atoms with E-state index in [2.05, 4.69) is 21.0 Å². The number of halogens is 2. The average molecular weight is 476 g/mol. The van der Waals surface area contributed by atoms with Crippen molar-refractivity contribution in [2.45, 2.75) is 20.1 Å². The first-order valence-electron chi connectivity index (χ1n) is 9.00. The first kappa shape index (κ1) is 21.1. The highest BCUT2D eigenvalue weighted by Gasteiger charge is 2.14. The van der Waals surface area contributed by atoms with E-state index < -0.39 is 0 Å². The number of carbonyl (C=O) groups excluding carboxylic acids is 1. The molecule has 2 aromatic carbocycles. The Hall–Kier alpha value is -2.57. The van der Waals surface area contributed by atoms with Crippen LogP contribution in [0.2, 0.25) is 5.02 Å². The van der Waals surface area contributed by atoms with Crippen LogP contribution in [0.5, 0.6) is 11.5 Å². The van der Waals surface area contributed by atoms with E-state index in [-0.39, 0.29) is 5.78 Å². The Morgan fingerprint density at radius 1 is 1.28 bits per heavy atom. The highest BCUT2D eigenvalue weighted by atomic mass is 79.9. The van der Waals surface area contributed by atoms with Crippen molar-refractivity contribution in [1.82, 2.24) is 9.78 Å². The lowest BCUT2D eigenvalue weighted by molar-refractivity contribution is 0.103. The highest BCUT2D eigenvalue weighted by molar-refractivity contribution is 9.10. The number of nitrogens with zero attached hydrogens (tertiary/aromatic N) is 2. The van der Waals surface area contributed by atoms with Crippen LogP contribution in [0.25, 0.3) is 6.08 Å². The molecule has 5 nitrogen and oxygen atoms in total. The summed E-state index contributed by atoms with van der Waals surface area (Å²) in [5, 5.41) is 4.79. The van der Waals surface area contributed by atoms with Crippen LogP contribution in [0.3, 0.4) is 0 Å². The molecule has 0 atom stereocenters. The van der Waals surface area contributed by atoms with E-state index in [9.17, 15) is 4.79 Å². The fourth-order valence-electron chi connectivity index (χ4n) is 2.83. The van der Waals surface area contributed by atoms with Gasteiger partial charge in [-0.25, -0.2) is 0 Å². The topological polar surface area (TPSA) is 53.4 Å². The van der Waals surface area contributed by atoms with Crippen molar-refractivity contribution in [2.75, 3.05) is 7.11 Å². The third-order valence-corrected chi connectivity index (χ3v) is 5.07. The van der Waals surface area contributed by atoms with Gasteiger partial charge in [-0.3, -0.25) is 9.48 Å². The third-order valence-electron chi connectivity index (χ3n) is 4.25. The lowest BCUT2D eigenvalue weighted by atomic mass is 10.1. The Balaban J connectivity index is 1.78. The van der Waals surface area contributed by atoms with Gasteiger partial charge in [-0.05, 0) is 64.8 Å². The van der Waals surface area contributed by atoms with E-state index in [1.54, 1.807) is 36.2 Å². The van der Waals surface area contributed by atoms with Crippen molar-refractivity contribution in [1.29, 1.82) is 0 Å². The number of carbonyl (C=O) groups is 1. The molecule has 150 valence electrons. The fourth-order valence-corrected chi connectivity index (χ4v) is 3.50. The molecule has 0 amide bonds. The number of aromatic nitrogens is 2. The lowest BCUT2D eigenvalue weighted by Crippen LogP contribution is -2.07. The maximum Gasteiger partial charge on any atom is 0.205 e. The van der Waals surface area contributed by atoms with Gasteiger partial charge in [0, 0.05) is 17.1 Å². The van der Waals surface area contributed by atoms with E-state index in [4.69, 9.17) is 21.1 Å². The molecule has 3 aromatic rings. The molecule has 29 heavy (non-hydrogen) atoms. The van der Waals surface area contributed by atoms with Gasteiger partial charge in [0.2, 0.25) is 5.78 Å². The minimum atomic E-state index is -0.122. The zero-order valence-electron chi connectivity index (χ0n) is 16.1. The normalized spacial score (nSPS) is 11.0. The number of allylic oxidation sites excluding steroid dienone is 1. The number of rotatable bonds is 8. The minimum absolute atomic E-state index is 0.122. The van der Waals surface area contributed by atoms with Gasteiger partial charge in [-0.2, -0.15) is 5.10 Å². The number of ketones is 1. The maximum atomic E-state index is 12.6. The van der Waals surface area contributed by atoms with Crippen molar-refractivity contribution in [3.63, 3.8) is 0 Å². The van der Waals surface area contributed by atoms with Crippen LogP contribution in [0, 0.1) is 0 Å². The van der Waals surface area contributed by atoms with Gasteiger partial charge in [0.1, 0.15) is 23.8 Å². The first-order valence-corrected chi connectivity index (χ1v) is 10.2. The summed E-state index contributed by atoms with van der Waals surface area (Å²) in [5.41, 5.74) is 2.26. The summed E-state index contributed by atoms with van der Waals surface area (Å²) >= 11 is 9.38. The van der Waals surface area contributed by atoms with Crippen LogP contribution >= 0.6 is 27.5 Å². The summed E-state index contributed by atoms with van der Waals surface area (Å²) in [6.07, 6.45) is 4.94. The highest BCUT2D eigenvalue weighted by Crippen LogP contribution is 2.24. The van der Waals surface area contributed by atoms with Crippen LogP contribution in [-0.2, 0) is 13.2 Å². The third kappa shape index (κ3) is 5.28. The standard InChI is InChI=1S/C22H20BrClN2O3/c1-3-26-22(19(23)13-25-26)20(27)9-7-15-8-10-21(28-2)16(11-15)14-29-18-6-4-5-17(24)12-18/h4-13H,3,14H2,1-2H3/b9-7+. The van der Waals surface area contributed by atoms with Crippen LogP contribution in [0.15, 0.2) is 59.2 Å². The Labute approximate surface area is 183 Å². The Morgan fingerprint density at radius 3 is 2.83 bits per heavy atom. The first-order chi connectivity index (χ1) is 14.0. The van der Waals surface area contributed by atoms with E-state index in [0.29, 0.717) is 39.8 Å². The molecule has 0 radical (unpaired) electrons. The van der Waals surface area contributed by atoms with Gasteiger partial charge in [-0.15, -0.1) is 0 Å². The summed E-state index contributed by atoms with van der Waals surface area (Å²) in [4.78, 5) is 12.6. The van der Waals surface area contributed by atoms with Gasteiger partial charge in [0.05, 0.1) is 17.8 Å². The van der Waals surface area contributed by atoms with Crippen molar-refractivity contribution in [2.24, 2.45) is 0 Å². The van der Waals surface area contributed by atoms with Gasteiger partial charge in [0.15, 0.2) is 0 Å².